The Hall–Kier alpha value is -17.1. The molecule has 4 aliphatic carbocycles. The van der Waals surface area contributed by atoms with Crippen LogP contribution in [0.5, 0.6) is 0 Å². The number of para-hydroxylation sites is 8. The van der Waals surface area contributed by atoms with E-state index in [2.05, 4.69) is 547 Å². The van der Waals surface area contributed by atoms with Crippen molar-refractivity contribution in [2.75, 3.05) is 19.6 Å². The van der Waals surface area contributed by atoms with Gasteiger partial charge in [-0.1, -0.05) is 321 Å². The fourth-order valence-corrected chi connectivity index (χ4v) is 25.2. The van der Waals surface area contributed by atoms with E-state index in [1.54, 1.807) is 0 Å². The zero-order chi connectivity index (χ0) is 97.4. The van der Waals surface area contributed by atoms with Crippen LogP contribution in [0.3, 0.4) is 0 Å². The molecule has 0 aromatic heterocycles. The maximum Gasteiger partial charge on any atom is 0.0465 e. The van der Waals surface area contributed by atoms with Crippen LogP contribution in [0, 0.1) is 47.4 Å². The second-order valence-electron chi connectivity index (χ2n) is 39.2. The molecule has 0 unspecified atom stereocenters. The highest BCUT2D eigenvalue weighted by Gasteiger charge is 2.46. The average Bonchev–Trinajstić information content (AvgIpc) is 1.24. The van der Waals surface area contributed by atoms with Gasteiger partial charge in [0.25, 0.3) is 0 Å². The highest BCUT2D eigenvalue weighted by molar-refractivity contribution is 6.27. The molecule has 0 saturated heterocycles. The van der Waals surface area contributed by atoms with Gasteiger partial charge in [-0.25, -0.2) is 0 Å². The van der Waals surface area contributed by atoms with E-state index in [9.17, 15) is 0 Å². The largest absolute Gasteiger partial charge is 0.310 e. The van der Waals surface area contributed by atoms with Gasteiger partial charge in [0.2, 0.25) is 0 Å². The molecule has 0 fully saturated rings. The van der Waals surface area contributed by atoms with E-state index in [0.717, 1.165) is 196 Å². The molecule has 690 valence electrons. The van der Waals surface area contributed by atoms with Gasteiger partial charge in [-0.3, -0.25) is 0 Å². The lowest BCUT2D eigenvalue weighted by atomic mass is 9.73. The maximum absolute atomic E-state index is 3.96. The average molecular weight is 1850 g/mol. The van der Waals surface area contributed by atoms with E-state index < -0.39 is 0 Å². The summed E-state index contributed by atoms with van der Waals surface area (Å²) in [5.41, 5.74) is 40.8. The molecule has 0 spiro atoms. The van der Waals surface area contributed by atoms with Crippen LogP contribution in [0.1, 0.15) is 196 Å². The van der Waals surface area contributed by atoms with Crippen LogP contribution < -0.4 is 19.6 Å². The van der Waals surface area contributed by atoms with E-state index in [1.807, 2.05) is 0 Å². The third kappa shape index (κ3) is 14.7. The first-order valence-corrected chi connectivity index (χ1v) is 51.6. The number of nitrogens with zero attached hydrogens (tertiary/aromatic N) is 4. The highest BCUT2D eigenvalue weighted by Crippen LogP contribution is 2.61. The summed E-state index contributed by atoms with van der Waals surface area (Å²) in [7, 11) is 0. The van der Waals surface area contributed by atoms with Gasteiger partial charge in [-0.05, 0) is 379 Å². The molecular formula is C140H110N4. The van der Waals surface area contributed by atoms with Crippen molar-refractivity contribution >= 4 is 101 Å². The van der Waals surface area contributed by atoms with Gasteiger partial charge in [0, 0.05) is 134 Å². The predicted molar refractivity (Wildman–Crippen MR) is 606 cm³/mol. The molecule has 4 heteroatoms. The minimum atomic E-state index is -0.264. The van der Waals surface area contributed by atoms with Crippen LogP contribution in [-0.2, 0) is 21.7 Å². The molecule has 20 aromatic carbocycles. The van der Waals surface area contributed by atoms with Crippen LogP contribution in [0.25, 0.3) is 76.8 Å². The molecule has 0 radical (unpaired) electrons. The Labute approximate surface area is 848 Å². The summed E-state index contributed by atoms with van der Waals surface area (Å²) in [5, 5.41) is 6.37. The van der Waals surface area contributed by atoms with E-state index in [1.165, 1.54) is 89.0 Å². The topological polar surface area (TPSA) is 13.0 Å². The van der Waals surface area contributed by atoms with Crippen molar-refractivity contribution in [3.05, 3.63) is 514 Å². The molecular weight excluding hydrogens is 1740 g/mol. The van der Waals surface area contributed by atoms with Crippen molar-refractivity contribution in [3.63, 3.8) is 0 Å². The third-order valence-electron chi connectivity index (χ3n) is 32.6. The second-order valence-corrected chi connectivity index (χ2v) is 39.2. The highest BCUT2D eigenvalue weighted by atomic mass is 15.2. The van der Waals surface area contributed by atoms with Crippen LogP contribution >= 0.6 is 0 Å². The summed E-state index contributed by atoms with van der Waals surface area (Å²) in [6, 6.07) is 157. The predicted octanol–water partition coefficient (Wildman–Crippen LogP) is 36.4. The Bertz CT molecular complexity index is 7510. The molecule has 4 nitrogen and oxygen atoms in total. The van der Waals surface area contributed by atoms with Gasteiger partial charge in [0.1, 0.15) is 0 Å². The summed E-state index contributed by atoms with van der Waals surface area (Å²) in [6.45, 7) is 18.9. The molecule has 0 heterocycles. The van der Waals surface area contributed by atoms with Gasteiger partial charge >= 0.3 is 0 Å². The molecule has 20 aromatic rings. The van der Waals surface area contributed by atoms with Crippen molar-refractivity contribution < 1.29 is 0 Å². The van der Waals surface area contributed by atoms with E-state index in [-0.39, 0.29) is 21.7 Å². The first-order valence-electron chi connectivity index (χ1n) is 51.6. The lowest BCUT2D eigenvalue weighted by molar-refractivity contribution is 0.490. The Morgan fingerprint density at radius 2 is 0.312 bits per heavy atom. The third-order valence-corrected chi connectivity index (χ3v) is 32.6. The van der Waals surface area contributed by atoms with Gasteiger partial charge in [-0.15, -0.1) is 0 Å². The Balaban J connectivity index is 0.678. The Morgan fingerprint density at radius 3 is 0.479 bits per heavy atom. The Kier molecular flexibility index (Phi) is 22.9. The van der Waals surface area contributed by atoms with Crippen molar-refractivity contribution in [1.82, 2.24) is 0 Å². The number of rotatable bonds is 20. The normalized spacial score (nSPS) is 13.4. The SMILES string of the molecule is CCC1(CC)c2cc(C#Cc3cc(C#Cc4ccc5c(c4)C(CC)(CC)c4cc(N(c6ccccc6)c6ccccc6)ccc4-5)c4ccc5c(C#Cc6ccc7c(c6)C(CC)(CC)c6cc(N(c8ccccc8)c8ccccc8)ccc6-7)cc(C#Cc6ccc7c(c6)C(CC)(CC)c6cc(N(c8ccccc8)c8ccccc8)ccc6-7)c6ccc3c4c65)ccc2-c2ccc(N(c3ccccc3)c3ccccc3)cc21. The van der Waals surface area contributed by atoms with Crippen molar-refractivity contribution in [2.45, 2.75) is 128 Å². The number of hydrogen-bond donors (Lipinski definition) is 0. The molecule has 144 heavy (non-hydrogen) atoms. The molecule has 4 aliphatic rings. The zero-order valence-electron chi connectivity index (χ0n) is 82.9. The molecule has 0 amide bonds. The van der Waals surface area contributed by atoms with Crippen molar-refractivity contribution in [1.29, 1.82) is 0 Å². The van der Waals surface area contributed by atoms with Crippen molar-refractivity contribution in [2.24, 2.45) is 0 Å². The zero-order valence-corrected chi connectivity index (χ0v) is 82.9. The first kappa shape index (κ1) is 89.5. The van der Waals surface area contributed by atoms with Crippen LogP contribution in [0.4, 0.5) is 68.2 Å². The molecule has 0 aliphatic heterocycles. The quantitative estimate of drug-likeness (QED) is 0.0557. The fraction of sp³-hybridized carbons (Fsp3) is 0.143. The van der Waals surface area contributed by atoms with Gasteiger partial charge < -0.3 is 19.6 Å². The van der Waals surface area contributed by atoms with Gasteiger partial charge in [0.15, 0.2) is 0 Å². The summed E-state index contributed by atoms with van der Waals surface area (Å²) in [5.74, 6) is 31.4. The van der Waals surface area contributed by atoms with E-state index in [4.69, 9.17) is 0 Å². The lowest BCUT2D eigenvalue weighted by Crippen LogP contribution is -2.23. The number of benzene rings is 20. The number of fused-ring (bicyclic) bond motifs is 12. The van der Waals surface area contributed by atoms with Crippen LogP contribution in [0.2, 0.25) is 0 Å². The number of anilines is 12. The second kappa shape index (κ2) is 36.8. The minimum Gasteiger partial charge on any atom is -0.310 e. The van der Waals surface area contributed by atoms with Gasteiger partial charge in [0.05, 0.1) is 0 Å². The first-order chi connectivity index (χ1) is 70.9. The van der Waals surface area contributed by atoms with E-state index in [0.29, 0.717) is 0 Å². The molecule has 0 saturated carbocycles. The summed E-state index contributed by atoms with van der Waals surface area (Å²) >= 11 is 0. The molecule has 0 N–H and O–H groups in total. The summed E-state index contributed by atoms with van der Waals surface area (Å²) in [4.78, 5) is 9.56. The molecule has 0 bridgehead atoms. The maximum atomic E-state index is 3.96. The van der Waals surface area contributed by atoms with E-state index >= 15 is 0 Å². The summed E-state index contributed by atoms with van der Waals surface area (Å²) in [6.07, 6.45) is 7.39. The van der Waals surface area contributed by atoms with Crippen LogP contribution in [0.15, 0.2) is 425 Å². The minimum absolute atomic E-state index is 0.264. The summed E-state index contributed by atoms with van der Waals surface area (Å²) < 4.78 is 0. The monoisotopic (exact) mass is 1850 g/mol. The number of hydrogen-bond acceptors (Lipinski definition) is 4. The fourth-order valence-electron chi connectivity index (χ4n) is 25.2. The standard InChI is InChI=1S/C140H110N4/c1-9-137(10-2)127-85-95(61-73-119(127)123-77-69-111(91-131(123)137)141(103-41-25-17-26-42-103)104-43-27-18-28-44-104)57-65-99-89-100(66-58-96-62-74-120-124-78-70-112(92-132(124)138(11-3,12-4)128(120)86-96)142(105-45-29-19-30-46-105)106-47-31-20-32-48-106)116-83-84-118-102(68-60-98-64-76-122-126-80-72-114(94-134(126)140(15-7,16-8)130(122)88-98)144(109-53-37-23-38-54-109)110-55-39-24-40-56-110)90-101(117-82-81-115(99)135(116)136(117)118)67-59-97-63-75-121-125-79-71-113(93-133(125)139(13-5,14-6)129(121)87-97)143(107-49-33-21-34-50-107)108-51-35-22-36-52-108/h17-56,61-64,69-94H,9-16H2,1-8H3. The molecule has 24 rings (SSSR count). The Morgan fingerprint density at radius 1 is 0.153 bits per heavy atom. The van der Waals surface area contributed by atoms with Crippen molar-refractivity contribution in [3.8, 4) is 91.9 Å². The van der Waals surface area contributed by atoms with Gasteiger partial charge in [-0.2, -0.15) is 0 Å². The molecule has 0 atom stereocenters. The smallest absolute Gasteiger partial charge is 0.0465 e. The lowest BCUT2D eigenvalue weighted by Gasteiger charge is -2.31. The van der Waals surface area contributed by atoms with Crippen LogP contribution in [-0.4, -0.2) is 0 Å².